The van der Waals surface area contributed by atoms with Gasteiger partial charge in [0.1, 0.15) is 0 Å². The van der Waals surface area contributed by atoms with Crippen LogP contribution in [0.25, 0.3) is 27.5 Å². The van der Waals surface area contributed by atoms with Crippen LogP contribution >= 0.6 is 0 Å². The number of hydrogen-bond donors (Lipinski definition) is 0. The number of anilines is 2. The standard InChI is InChI=1S/C34H34N2/c1-4-5-9-23-12-18-30-28(20-23)29-21-24(34-32-22(2)33(32)34)13-19-31(29)36(30)27-16-14-26(15-17-27)35(3)25-10-7-6-8-11-25/h6-8,10-22,32-34H,4-5,9H2,1-3H3. The van der Waals surface area contributed by atoms with E-state index in [9.17, 15) is 0 Å². The van der Waals surface area contributed by atoms with Crippen molar-refractivity contribution in [3.8, 4) is 5.69 Å². The number of fused-ring (bicyclic) bond motifs is 4. The van der Waals surface area contributed by atoms with E-state index in [4.69, 9.17) is 0 Å². The van der Waals surface area contributed by atoms with Gasteiger partial charge in [-0.15, -0.1) is 0 Å². The Kier molecular flexibility index (Phi) is 4.99. The first-order valence-corrected chi connectivity index (χ1v) is 13.6. The summed E-state index contributed by atoms with van der Waals surface area (Å²) in [5.74, 6) is 3.65. The Bertz CT molecular complexity index is 1550. The molecular formula is C34H34N2. The summed E-state index contributed by atoms with van der Waals surface area (Å²) in [4.78, 5) is 2.24. The zero-order valence-corrected chi connectivity index (χ0v) is 21.5. The van der Waals surface area contributed by atoms with Crippen LogP contribution in [0.15, 0.2) is 91.0 Å². The van der Waals surface area contributed by atoms with Gasteiger partial charge in [0, 0.05) is 34.9 Å². The second-order valence-electron chi connectivity index (χ2n) is 11.0. The number of benzene rings is 4. The minimum Gasteiger partial charge on any atom is -0.345 e. The van der Waals surface area contributed by atoms with E-state index >= 15 is 0 Å². The molecule has 2 saturated carbocycles. The molecule has 0 amide bonds. The molecule has 2 nitrogen and oxygen atoms in total. The molecule has 2 atom stereocenters. The maximum atomic E-state index is 2.51. The van der Waals surface area contributed by atoms with Crippen molar-refractivity contribution in [3.05, 3.63) is 102 Å². The van der Waals surface area contributed by atoms with Crippen molar-refractivity contribution in [3.63, 3.8) is 0 Å². The molecule has 7 rings (SSSR count). The second kappa shape index (κ2) is 8.27. The normalized spacial score (nSPS) is 22.1. The van der Waals surface area contributed by atoms with Gasteiger partial charge in [-0.25, -0.2) is 0 Å². The lowest BCUT2D eigenvalue weighted by atomic mass is 9.96. The molecule has 4 aromatic carbocycles. The second-order valence-corrected chi connectivity index (χ2v) is 11.0. The fourth-order valence-electron chi connectivity index (χ4n) is 6.57. The smallest absolute Gasteiger partial charge is 0.0541 e. The lowest BCUT2D eigenvalue weighted by molar-refractivity contribution is 0.607. The summed E-state index contributed by atoms with van der Waals surface area (Å²) in [6, 6.07) is 34.0. The van der Waals surface area contributed by atoms with Crippen LogP contribution in [0.4, 0.5) is 11.4 Å². The van der Waals surface area contributed by atoms with Crippen LogP contribution < -0.4 is 4.90 Å². The maximum absolute atomic E-state index is 2.51. The van der Waals surface area contributed by atoms with Crippen molar-refractivity contribution >= 4 is 33.2 Å². The molecule has 2 fully saturated rings. The molecule has 1 aromatic heterocycles. The van der Waals surface area contributed by atoms with E-state index in [-0.39, 0.29) is 0 Å². The molecule has 0 aliphatic heterocycles. The summed E-state index contributed by atoms with van der Waals surface area (Å²) in [5.41, 5.74) is 9.23. The highest BCUT2D eigenvalue weighted by atomic mass is 15.1. The number of rotatable bonds is 7. The minimum absolute atomic E-state index is 0.805. The highest BCUT2D eigenvalue weighted by Gasteiger charge is 2.70. The summed E-state index contributed by atoms with van der Waals surface area (Å²) in [7, 11) is 2.13. The molecule has 2 aliphatic carbocycles. The van der Waals surface area contributed by atoms with Crippen LogP contribution in [0.2, 0.25) is 0 Å². The molecule has 0 radical (unpaired) electrons. The first-order valence-electron chi connectivity index (χ1n) is 13.6. The van der Waals surface area contributed by atoms with Crippen molar-refractivity contribution < 1.29 is 0 Å². The Labute approximate surface area is 214 Å². The molecule has 0 saturated heterocycles. The van der Waals surface area contributed by atoms with Gasteiger partial charge in [0.05, 0.1) is 11.0 Å². The highest BCUT2D eigenvalue weighted by molar-refractivity contribution is 6.09. The Hall–Kier alpha value is -3.52. The zero-order chi connectivity index (χ0) is 24.4. The summed E-state index contributed by atoms with van der Waals surface area (Å²) >= 11 is 0. The molecule has 0 bridgehead atoms. The molecule has 36 heavy (non-hydrogen) atoms. The number of unbranched alkanes of at least 4 members (excludes halogenated alkanes) is 1. The molecule has 0 N–H and O–H groups in total. The Balaban J connectivity index is 1.32. The van der Waals surface area contributed by atoms with Crippen LogP contribution in [0.5, 0.6) is 0 Å². The van der Waals surface area contributed by atoms with E-state index in [1.54, 1.807) is 5.56 Å². The van der Waals surface area contributed by atoms with E-state index in [0.717, 1.165) is 30.1 Å². The van der Waals surface area contributed by atoms with Crippen molar-refractivity contribution in [1.29, 1.82) is 0 Å². The lowest BCUT2D eigenvalue weighted by Crippen LogP contribution is -2.09. The number of nitrogens with zero attached hydrogens (tertiary/aromatic N) is 2. The monoisotopic (exact) mass is 470 g/mol. The molecule has 5 aromatic rings. The van der Waals surface area contributed by atoms with Gasteiger partial charge in [-0.1, -0.05) is 50.6 Å². The number of hydrogen-bond acceptors (Lipinski definition) is 1. The van der Waals surface area contributed by atoms with Crippen molar-refractivity contribution in [2.45, 2.75) is 39.0 Å². The van der Waals surface area contributed by atoms with E-state index in [1.165, 1.54) is 57.3 Å². The Morgan fingerprint density at radius 2 is 1.42 bits per heavy atom. The van der Waals surface area contributed by atoms with Gasteiger partial charge in [0.25, 0.3) is 0 Å². The van der Waals surface area contributed by atoms with Gasteiger partial charge in [0.2, 0.25) is 0 Å². The van der Waals surface area contributed by atoms with Gasteiger partial charge in [-0.2, -0.15) is 0 Å². The Morgan fingerprint density at radius 3 is 2.11 bits per heavy atom. The first kappa shape index (κ1) is 21.7. The predicted molar refractivity (Wildman–Crippen MR) is 153 cm³/mol. The van der Waals surface area contributed by atoms with Crippen LogP contribution in [0.3, 0.4) is 0 Å². The van der Waals surface area contributed by atoms with E-state index < -0.39 is 0 Å². The van der Waals surface area contributed by atoms with Crippen molar-refractivity contribution in [1.82, 2.24) is 4.57 Å². The van der Waals surface area contributed by atoms with Gasteiger partial charge < -0.3 is 9.47 Å². The van der Waals surface area contributed by atoms with Crippen LogP contribution in [0, 0.1) is 17.8 Å². The van der Waals surface area contributed by atoms with Crippen molar-refractivity contribution in [2.24, 2.45) is 17.8 Å². The average Bonchev–Trinajstić information content (AvgIpc) is 3.82. The number of aromatic nitrogens is 1. The molecule has 2 heteroatoms. The largest absolute Gasteiger partial charge is 0.345 e. The third-order valence-electron chi connectivity index (χ3n) is 8.90. The summed E-state index contributed by atoms with van der Waals surface area (Å²) < 4.78 is 2.46. The van der Waals surface area contributed by atoms with E-state index in [2.05, 4.69) is 121 Å². The fourth-order valence-corrected chi connectivity index (χ4v) is 6.57. The zero-order valence-electron chi connectivity index (χ0n) is 21.5. The summed E-state index contributed by atoms with van der Waals surface area (Å²) in [5, 5.41) is 2.80. The number of aryl methyl sites for hydroxylation is 1. The van der Waals surface area contributed by atoms with E-state index in [0.29, 0.717) is 0 Å². The minimum atomic E-state index is 0.805. The van der Waals surface area contributed by atoms with Gasteiger partial charge in [0.15, 0.2) is 0 Å². The third-order valence-corrected chi connectivity index (χ3v) is 8.90. The van der Waals surface area contributed by atoms with Gasteiger partial charge in [-0.05, 0) is 108 Å². The highest BCUT2D eigenvalue weighted by Crippen LogP contribution is 2.77. The SMILES string of the molecule is CCCCc1ccc2c(c1)c1cc(C3C4C(C)C34)ccc1n2-c1ccc(N(C)c2ccccc2)cc1. The van der Waals surface area contributed by atoms with Gasteiger partial charge >= 0.3 is 0 Å². The molecule has 180 valence electrons. The Morgan fingerprint density at radius 1 is 0.750 bits per heavy atom. The topological polar surface area (TPSA) is 8.17 Å². The molecule has 1 heterocycles. The summed E-state index contributed by atoms with van der Waals surface area (Å²) in [6.07, 6.45) is 3.63. The molecule has 2 unspecified atom stereocenters. The molecular weight excluding hydrogens is 436 g/mol. The summed E-state index contributed by atoms with van der Waals surface area (Å²) in [6.45, 7) is 4.69. The number of para-hydroxylation sites is 1. The molecule has 2 aliphatic rings. The quantitative estimate of drug-likeness (QED) is 0.231. The maximum Gasteiger partial charge on any atom is 0.0541 e. The van der Waals surface area contributed by atoms with Crippen molar-refractivity contribution in [2.75, 3.05) is 11.9 Å². The fraction of sp³-hybridized carbons (Fsp3) is 0.294. The average molecular weight is 471 g/mol. The predicted octanol–water partition coefficient (Wildman–Crippen LogP) is 8.87. The van der Waals surface area contributed by atoms with Gasteiger partial charge in [-0.3, -0.25) is 0 Å². The molecule has 0 spiro atoms. The van der Waals surface area contributed by atoms with Crippen LogP contribution in [-0.4, -0.2) is 11.6 Å². The third kappa shape index (κ3) is 3.38. The van der Waals surface area contributed by atoms with Crippen LogP contribution in [-0.2, 0) is 6.42 Å². The van der Waals surface area contributed by atoms with E-state index in [1.807, 2.05) is 0 Å². The van der Waals surface area contributed by atoms with Crippen LogP contribution in [0.1, 0.15) is 43.7 Å². The first-order chi connectivity index (χ1) is 17.7. The lowest BCUT2D eigenvalue weighted by Gasteiger charge is -2.20.